The predicted molar refractivity (Wildman–Crippen MR) is 181 cm³/mol. The Morgan fingerprint density at radius 2 is 1.96 bits per heavy atom. The normalized spacial score (nSPS) is 17.9. The number of hydrogen-bond donors (Lipinski definition) is 2. The van der Waals surface area contributed by atoms with Crippen molar-refractivity contribution in [2.24, 2.45) is 0 Å². The molecular weight excluding hydrogens is 646 g/mol. The van der Waals surface area contributed by atoms with Gasteiger partial charge in [0.2, 0.25) is 15.8 Å². The summed E-state index contributed by atoms with van der Waals surface area (Å²) in [4.78, 5) is 21.9. The number of aromatic nitrogens is 2. The molecule has 0 bridgehead atoms. The van der Waals surface area contributed by atoms with E-state index in [9.17, 15) is 18.5 Å². The van der Waals surface area contributed by atoms with E-state index in [1.165, 1.54) is 12.1 Å². The maximum atomic E-state index is 13.1. The van der Waals surface area contributed by atoms with Gasteiger partial charge in [-0.25, -0.2) is 17.9 Å². The molecule has 2 unspecified atom stereocenters. The average Bonchev–Trinajstić information content (AvgIpc) is 3.88. The lowest BCUT2D eigenvalue weighted by Gasteiger charge is -2.23. The Kier molecular flexibility index (Phi) is 10.3. The molecule has 2 aliphatic rings. The molecule has 1 fully saturated rings. The van der Waals surface area contributed by atoms with Gasteiger partial charge in [-0.2, -0.15) is 10.2 Å². The number of ether oxygens (including phenoxy) is 2. The summed E-state index contributed by atoms with van der Waals surface area (Å²) in [5, 5.41) is 17.3. The first-order valence-electron chi connectivity index (χ1n) is 16.2. The number of nitrogens with zero attached hydrogens (tertiary/aromatic N) is 5. The molecule has 1 saturated heterocycles. The lowest BCUT2D eigenvalue weighted by atomic mass is 10.0. The highest BCUT2D eigenvalue weighted by Crippen LogP contribution is 2.38. The van der Waals surface area contributed by atoms with E-state index in [2.05, 4.69) is 31.1 Å². The van der Waals surface area contributed by atoms with E-state index in [-0.39, 0.29) is 41.6 Å². The quantitative estimate of drug-likeness (QED) is 0.162. The minimum atomic E-state index is -3.64. The van der Waals surface area contributed by atoms with Crippen LogP contribution in [0.4, 0.5) is 4.79 Å². The Hall–Kier alpha value is -4.81. The van der Waals surface area contributed by atoms with Crippen LogP contribution >= 0.6 is 0 Å². The molecule has 49 heavy (non-hydrogen) atoms. The van der Waals surface area contributed by atoms with Crippen molar-refractivity contribution in [1.82, 2.24) is 30.0 Å². The summed E-state index contributed by atoms with van der Waals surface area (Å²) in [6.07, 6.45) is 1.76. The molecule has 1 aliphatic carbocycles. The summed E-state index contributed by atoms with van der Waals surface area (Å²) < 4.78 is 44.3. The number of likely N-dealkylation sites (N-methyl/N-ethyl adjacent to an activating group) is 1. The molecule has 1 aliphatic heterocycles. The van der Waals surface area contributed by atoms with Gasteiger partial charge in [0.1, 0.15) is 11.8 Å². The van der Waals surface area contributed by atoms with Crippen LogP contribution in [-0.2, 0) is 21.2 Å². The van der Waals surface area contributed by atoms with Crippen molar-refractivity contribution < 1.29 is 27.2 Å². The van der Waals surface area contributed by atoms with Crippen LogP contribution < -0.4 is 14.8 Å². The molecule has 13 nitrogen and oxygen atoms in total. The number of amides is 2. The van der Waals surface area contributed by atoms with Gasteiger partial charge in [-0.15, -0.1) is 0 Å². The number of nitriles is 1. The molecule has 4 aromatic rings. The maximum Gasteiger partial charge on any atom is 0.317 e. The van der Waals surface area contributed by atoms with Gasteiger partial charge in [-0.05, 0) is 81.7 Å². The molecule has 2 heterocycles. The predicted octanol–water partition coefficient (Wildman–Crippen LogP) is 4.33. The zero-order valence-corrected chi connectivity index (χ0v) is 28.4. The molecule has 1 aromatic heterocycles. The number of benzene rings is 3. The standard InChI is InChI=1S/C35H39N7O6S/c1-23(46-19-17-37-49(44,45)27-8-5-4-6-9-27)47-32-15-12-24(20-25(32)21-36)34-39-33(40-48-34)30-11-7-10-29-28(30)13-14-31(29)38-35(43)42-18-16-26(22-42)41(2)3/h4-12,15,20,23,26,31,37H,13-14,16-19,22H2,1-3H3,(H,38,43)/t23?,26-,31?/m1/s1. The molecule has 0 spiro atoms. The van der Waals surface area contributed by atoms with Crippen LogP contribution in [0.2, 0.25) is 0 Å². The zero-order valence-electron chi connectivity index (χ0n) is 27.6. The summed E-state index contributed by atoms with van der Waals surface area (Å²) in [6.45, 7) is 3.23. The van der Waals surface area contributed by atoms with Crippen molar-refractivity contribution in [3.8, 4) is 34.7 Å². The van der Waals surface area contributed by atoms with E-state index in [4.69, 9.17) is 14.0 Å². The Balaban J connectivity index is 1.07. The smallest absolute Gasteiger partial charge is 0.317 e. The molecular formula is C35H39N7O6S. The number of urea groups is 1. The van der Waals surface area contributed by atoms with E-state index < -0.39 is 16.3 Å². The van der Waals surface area contributed by atoms with Gasteiger partial charge in [-0.1, -0.05) is 41.6 Å². The third-order valence-electron chi connectivity index (χ3n) is 8.86. The van der Waals surface area contributed by atoms with Gasteiger partial charge >= 0.3 is 6.03 Å². The van der Waals surface area contributed by atoms with Crippen molar-refractivity contribution in [3.05, 3.63) is 83.4 Å². The highest BCUT2D eigenvalue weighted by Gasteiger charge is 2.32. The first-order chi connectivity index (χ1) is 23.6. The van der Waals surface area contributed by atoms with E-state index >= 15 is 0 Å². The monoisotopic (exact) mass is 685 g/mol. The van der Waals surface area contributed by atoms with E-state index in [1.54, 1.807) is 43.3 Å². The molecule has 2 N–H and O–H groups in total. The van der Waals surface area contributed by atoms with Gasteiger partial charge < -0.3 is 29.1 Å². The van der Waals surface area contributed by atoms with Crippen molar-refractivity contribution in [3.63, 3.8) is 0 Å². The summed E-state index contributed by atoms with van der Waals surface area (Å²) in [6, 6.07) is 21.3. The first kappa shape index (κ1) is 34.1. The number of rotatable bonds is 12. The highest BCUT2D eigenvalue weighted by atomic mass is 32.2. The number of likely N-dealkylation sites (tertiary alicyclic amines) is 1. The van der Waals surface area contributed by atoms with Crippen molar-refractivity contribution in [2.75, 3.05) is 40.3 Å². The minimum absolute atomic E-state index is 0.0394. The fourth-order valence-electron chi connectivity index (χ4n) is 6.20. The summed E-state index contributed by atoms with van der Waals surface area (Å²) >= 11 is 0. The molecule has 2 amide bonds. The number of carbonyl (C=O) groups is 1. The van der Waals surface area contributed by atoms with Crippen LogP contribution in [0.15, 0.2) is 76.1 Å². The third kappa shape index (κ3) is 7.76. The Morgan fingerprint density at radius 1 is 1.14 bits per heavy atom. The highest BCUT2D eigenvalue weighted by molar-refractivity contribution is 7.89. The molecule has 3 aromatic carbocycles. The van der Waals surface area contributed by atoms with Gasteiger partial charge in [0, 0.05) is 36.8 Å². The van der Waals surface area contributed by atoms with Crippen LogP contribution in [0.25, 0.3) is 22.8 Å². The van der Waals surface area contributed by atoms with Gasteiger partial charge in [-0.3, -0.25) is 0 Å². The third-order valence-corrected chi connectivity index (χ3v) is 10.3. The molecule has 0 radical (unpaired) electrons. The van der Waals surface area contributed by atoms with Crippen LogP contribution in [0.3, 0.4) is 0 Å². The second kappa shape index (κ2) is 14.8. The van der Waals surface area contributed by atoms with Gasteiger partial charge in [0.05, 0.1) is 23.1 Å². The van der Waals surface area contributed by atoms with Crippen LogP contribution in [0.5, 0.6) is 5.75 Å². The number of fused-ring (bicyclic) bond motifs is 1. The topological polar surface area (TPSA) is 163 Å². The van der Waals surface area contributed by atoms with Crippen molar-refractivity contribution in [2.45, 2.75) is 49.5 Å². The van der Waals surface area contributed by atoms with Crippen molar-refractivity contribution >= 4 is 16.1 Å². The summed E-state index contributed by atoms with van der Waals surface area (Å²) in [5.74, 6) is 0.970. The van der Waals surface area contributed by atoms with Gasteiger partial charge in [0.25, 0.3) is 5.89 Å². The van der Waals surface area contributed by atoms with Crippen LogP contribution in [0, 0.1) is 11.3 Å². The summed E-state index contributed by atoms with van der Waals surface area (Å²) in [5.41, 5.74) is 3.77. The van der Waals surface area contributed by atoms with Crippen LogP contribution in [0.1, 0.15) is 42.5 Å². The average molecular weight is 686 g/mol. The number of carbonyl (C=O) groups excluding carboxylic acids is 1. The fraction of sp³-hybridized carbons (Fsp3) is 0.371. The Labute approximate surface area is 285 Å². The lowest BCUT2D eigenvalue weighted by molar-refractivity contribution is -0.0642. The molecule has 256 valence electrons. The largest absolute Gasteiger partial charge is 0.464 e. The Bertz CT molecular complexity index is 1940. The minimum Gasteiger partial charge on any atom is -0.464 e. The molecule has 3 atom stereocenters. The fourth-order valence-corrected chi connectivity index (χ4v) is 7.24. The van der Waals surface area contributed by atoms with Crippen LogP contribution in [-0.4, -0.2) is 87.1 Å². The van der Waals surface area contributed by atoms with E-state index in [1.807, 2.05) is 37.2 Å². The first-order valence-corrected chi connectivity index (χ1v) is 17.7. The lowest BCUT2D eigenvalue weighted by Crippen LogP contribution is -2.41. The molecule has 0 saturated carbocycles. The van der Waals surface area contributed by atoms with Crippen molar-refractivity contribution in [1.29, 1.82) is 5.26 Å². The molecule has 6 rings (SSSR count). The number of sulfonamides is 1. The van der Waals surface area contributed by atoms with Gasteiger partial charge in [0.15, 0.2) is 6.29 Å². The van der Waals surface area contributed by atoms with E-state index in [0.717, 1.165) is 49.0 Å². The SMILES string of the molecule is CC(OCCNS(=O)(=O)c1ccccc1)Oc1ccc(-c2nc(-c3cccc4c3CCC4NC(=O)N3CC[C@@H](N(C)C)C3)no2)cc1C#N. The zero-order chi connectivity index (χ0) is 34.5. The molecule has 14 heteroatoms. The summed E-state index contributed by atoms with van der Waals surface area (Å²) in [7, 11) is 0.444. The van der Waals surface area contributed by atoms with E-state index in [0.29, 0.717) is 23.2 Å². The maximum absolute atomic E-state index is 13.1. The second-order valence-electron chi connectivity index (χ2n) is 12.3. The number of hydrogen-bond acceptors (Lipinski definition) is 10. The second-order valence-corrected chi connectivity index (χ2v) is 14.0. The number of nitrogens with one attached hydrogen (secondary N) is 2. The Morgan fingerprint density at radius 3 is 2.71 bits per heavy atom.